The van der Waals surface area contributed by atoms with E-state index in [4.69, 9.17) is 10.2 Å². The molecule has 0 bridgehead atoms. The molecule has 0 aliphatic rings. The molecule has 0 amide bonds. The van der Waals surface area contributed by atoms with Crippen LogP contribution in [-0.4, -0.2) is 14.9 Å². The highest BCUT2D eigenvalue weighted by Crippen LogP contribution is 2.34. The quantitative estimate of drug-likeness (QED) is 0.773. The summed E-state index contributed by atoms with van der Waals surface area (Å²) in [6, 6.07) is 8.73. The number of anilines is 1. The van der Waals surface area contributed by atoms with Crippen molar-refractivity contribution in [2.75, 3.05) is 5.73 Å². The number of nitrogen functional groups attached to an aromatic ring is 1. The predicted molar refractivity (Wildman–Crippen MR) is 81.5 cm³/mol. The summed E-state index contributed by atoms with van der Waals surface area (Å²) in [4.78, 5) is 0. The third-order valence-electron chi connectivity index (χ3n) is 3.50. The van der Waals surface area contributed by atoms with Crippen LogP contribution >= 0.6 is 0 Å². The van der Waals surface area contributed by atoms with Gasteiger partial charge in [-0.3, -0.25) is 0 Å². The van der Waals surface area contributed by atoms with Gasteiger partial charge < -0.3 is 15.3 Å². The van der Waals surface area contributed by atoms with Gasteiger partial charge in [-0.15, -0.1) is 0 Å². The number of rotatable bonds is 3. The van der Waals surface area contributed by atoms with Crippen LogP contribution in [-0.2, 0) is 6.42 Å². The summed E-state index contributed by atoms with van der Waals surface area (Å²) >= 11 is 0. The molecule has 3 N–H and O–H groups in total. The molecule has 3 aromatic rings. The van der Waals surface area contributed by atoms with Gasteiger partial charge in [0.15, 0.2) is 5.76 Å². The number of nitrogens with two attached hydrogens (primary N) is 1. The van der Waals surface area contributed by atoms with E-state index in [1.54, 1.807) is 35.2 Å². The second kappa shape index (κ2) is 5.01. The van der Waals surface area contributed by atoms with Crippen molar-refractivity contribution in [3.8, 4) is 22.9 Å². The van der Waals surface area contributed by atoms with E-state index >= 15 is 0 Å². The highest BCUT2D eigenvalue weighted by molar-refractivity contribution is 5.75. The minimum absolute atomic E-state index is 0.213. The fourth-order valence-corrected chi connectivity index (χ4v) is 2.35. The van der Waals surface area contributed by atoms with Crippen molar-refractivity contribution in [2.24, 2.45) is 0 Å². The van der Waals surface area contributed by atoms with E-state index in [0.717, 1.165) is 29.1 Å². The molecule has 5 nitrogen and oxygen atoms in total. The minimum Gasteiger partial charge on any atom is -0.508 e. The normalized spacial score (nSPS) is 11.0. The predicted octanol–water partition coefficient (Wildman–Crippen LogP) is 3.29. The van der Waals surface area contributed by atoms with Crippen molar-refractivity contribution in [1.29, 1.82) is 0 Å². The standard InChI is InChI=1S/C16H17N3O2/c1-3-13-14(17)15(16-10(2)8-9-21-16)19(18-13)11-4-6-12(20)7-5-11/h4-9,20H,3,17H2,1-2H3. The summed E-state index contributed by atoms with van der Waals surface area (Å²) in [7, 11) is 0. The molecule has 3 rings (SSSR count). The van der Waals surface area contributed by atoms with Gasteiger partial charge in [0.05, 0.1) is 23.3 Å². The number of phenolic OH excluding ortho intramolecular Hbond substituents is 1. The Bertz CT molecular complexity index is 769. The number of aryl methyl sites for hydroxylation is 2. The SMILES string of the molecule is CCc1nn(-c2ccc(O)cc2)c(-c2occc2C)c1N. The van der Waals surface area contributed by atoms with Crippen LogP contribution in [0.3, 0.4) is 0 Å². The lowest BCUT2D eigenvalue weighted by molar-refractivity contribution is 0.475. The van der Waals surface area contributed by atoms with Gasteiger partial charge in [-0.25, -0.2) is 4.68 Å². The summed E-state index contributed by atoms with van der Waals surface area (Å²) in [5, 5.41) is 14.0. The molecular formula is C16H17N3O2. The third kappa shape index (κ3) is 2.16. The van der Waals surface area contributed by atoms with Crippen molar-refractivity contribution in [2.45, 2.75) is 20.3 Å². The Kier molecular flexibility index (Phi) is 3.17. The molecule has 108 valence electrons. The second-order valence-electron chi connectivity index (χ2n) is 4.92. The summed E-state index contributed by atoms with van der Waals surface area (Å²) < 4.78 is 7.35. The van der Waals surface area contributed by atoms with Gasteiger partial charge in [0.25, 0.3) is 0 Å². The average Bonchev–Trinajstić information content (AvgIpc) is 3.03. The molecule has 2 aromatic heterocycles. The number of nitrogens with zero attached hydrogens (tertiary/aromatic N) is 2. The lowest BCUT2D eigenvalue weighted by atomic mass is 10.1. The molecular weight excluding hydrogens is 266 g/mol. The Morgan fingerprint density at radius 1 is 1.24 bits per heavy atom. The fourth-order valence-electron chi connectivity index (χ4n) is 2.35. The molecule has 0 unspecified atom stereocenters. The molecule has 0 saturated heterocycles. The first kappa shape index (κ1) is 13.3. The van der Waals surface area contributed by atoms with E-state index in [2.05, 4.69) is 5.10 Å². The van der Waals surface area contributed by atoms with Gasteiger partial charge in [0.1, 0.15) is 11.4 Å². The molecule has 21 heavy (non-hydrogen) atoms. The Labute approximate surface area is 122 Å². The molecule has 1 aromatic carbocycles. The maximum absolute atomic E-state index is 9.43. The van der Waals surface area contributed by atoms with Crippen LogP contribution in [0.5, 0.6) is 5.75 Å². The smallest absolute Gasteiger partial charge is 0.157 e. The monoisotopic (exact) mass is 283 g/mol. The highest BCUT2D eigenvalue weighted by Gasteiger charge is 2.21. The number of hydrogen-bond acceptors (Lipinski definition) is 4. The maximum atomic E-state index is 9.43. The fraction of sp³-hybridized carbons (Fsp3) is 0.188. The lowest BCUT2D eigenvalue weighted by Gasteiger charge is -2.07. The van der Waals surface area contributed by atoms with Crippen LogP contribution < -0.4 is 5.73 Å². The topological polar surface area (TPSA) is 77.2 Å². The summed E-state index contributed by atoms with van der Waals surface area (Å²) in [6.45, 7) is 3.98. The van der Waals surface area contributed by atoms with E-state index in [-0.39, 0.29) is 5.75 Å². The van der Waals surface area contributed by atoms with E-state index < -0.39 is 0 Å². The van der Waals surface area contributed by atoms with Crippen molar-refractivity contribution in [1.82, 2.24) is 9.78 Å². The molecule has 0 radical (unpaired) electrons. The first-order valence-electron chi connectivity index (χ1n) is 6.83. The van der Waals surface area contributed by atoms with E-state index in [0.29, 0.717) is 11.4 Å². The van der Waals surface area contributed by atoms with Gasteiger partial charge in [0.2, 0.25) is 0 Å². The van der Waals surface area contributed by atoms with Gasteiger partial charge in [-0.05, 0) is 49.2 Å². The zero-order valence-electron chi connectivity index (χ0n) is 12.0. The summed E-state index contributed by atoms with van der Waals surface area (Å²) in [5.74, 6) is 0.929. The van der Waals surface area contributed by atoms with Crippen LogP contribution in [0.2, 0.25) is 0 Å². The molecule has 0 fully saturated rings. The number of benzene rings is 1. The van der Waals surface area contributed by atoms with Gasteiger partial charge in [0, 0.05) is 0 Å². The first-order valence-corrected chi connectivity index (χ1v) is 6.83. The first-order chi connectivity index (χ1) is 10.1. The summed E-state index contributed by atoms with van der Waals surface area (Å²) in [5.41, 5.74) is 10.3. The van der Waals surface area contributed by atoms with Crippen LogP contribution in [0.25, 0.3) is 17.1 Å². The Hall–Kier alpha value is -2.69. The van der Waals surface area contributed by atoms with E-state index in [1.165, 1.54) is 0 Å². The number of aromatic hydroxyl groups is 1. The van der Waals surface area contributed by atoms with Crippen LogP contribution in [0.15, 0.2) is 41.0 Å². The Balaban J connectivity index is 2.25. The van der Waals surface area contributed by atoms with Crippen molar-refractivity contribution < 1.29 is 9.52 Å². The van der Waals surface area contributed by atoms with Crippen LogP contribution in [0.1, 0.15) is 18.2 Å². The Morgan fingerprint density at radius 3 is 2.52 bits per heavy atom. The molecule has 0 aliphatic heterocycles. The van der Waals surface area contributed by atoms with Gasteiger partial charge >= 0.3 is 0 Å². The zero-order chi connectivity index (χ0) is 15.0. The number of furan rings is 1. The number of phenols is 1. The zero-order valence-corrected chi connectivity index (χ0v) is 12.0. The Morgan fingerprint density at radius 2 is 1.95 bits per heavy atom. The molecule has 2 heterocycles. The minimum atomic E-state index is 0.213. The third-order valence-corrected chi connectivity index (χ3v) is 3.50. The molecule has 0 spiro atoms. The summed E-state index contributed by atoms with van der Waals surface area (Å²) in [6.07, 6.45) is 2.38. The maximum Gasteiger partial charge on any atom is 0.157 e. The van der Waals surface area contributed by atoms with E-state index in [1.807, 2.05) is 19.9 Å². The number of aromatic nitrogens is 2. The van der Waals surface area contributed by atoms with Crippen LogP contribution in [0, 0.1) is 6.92 Å². The van der Waals surface area contributed by atoms with Gasteiger partial charge in [-0.2, -0.15) is 5.10 Å². The van der Waals surface area contributed by atoms with E-state index in [9.17, 15) is 5.11 Å². The van der Waals surface area contributed by atoms with Crippen LogP contribution in [0.4, 0.5) is 5.69 Å². The molecule has 0 atom stereocenters. The average molecular weight is 283 g/mol. The molecule has 0 saturated carbocycles. The highest BCUT2D eigenvalue weighted by atomic mass is 16.3. The van der Waals surface area contributed by atoms with Crippen molar-refractivity contribution in [3.63, 3.8) is 0 Å². The van der Waals surface area contributed by atoms with Crippen molar-refractivity contribution in [3.05, 3.63) is 47.9 Å². The second-order valence-corrected chi connectivity index (χ2v) is 4.92. The van der Waals surface area contributed by atoms with Gasteiger partial charge in [-0.1, -0.05) is 6.92 Å². The van der Waals surface area contributed by atoms with Crippen molar-refractivity contribution >= 4 is 5.69 Å². The largest absolute Gasteiger partial charge is 0.508 e. The molecule has 0 aliphatic carbocycles. The number of hydrogen-bond donors (Lipinski definition) is 2. The molecule has 5 heteroatoms. The lowest BCUT2D eigenvalue weighted by Crippen LogP contribution is -2.00.